The second-order valence-corrected chi connectivity index (χ2v) is 9.74. The SMILES string of the molecule is C[C@@H]1CN(c2cc(=O)n(C)c3ccc(C#N)nc23)[C@@H](C)CN1C(c1ccc(F)cc1)c1cscn1. The minimum Gasteiger partial charge on any atom is -0.364 e. The molecule has 1 unspecified atom stereocenters. The zero-order chi connectivity index (χ0) is 24.7. The number of nitrogens with zero attached hydrogens (tertiary/aromatic N) is 6. The maximum Gasteiger partial charge on any atom is 0.252 e. The van der Waals surface area contributed by atoms with E-state index in [0.717, 1.165) is 16.9 Å². The molecule has 4 heterocycles. The lowest BCUT2D eigenvalue weighted by molar-refractivity contribution is 0.128. The van der Waals surface area contributed by atoms with Crippen LogP contribution in [-0.2, 0) is 7.05 Å². The van der Waals surface area contributed by atoms with Gasteiger partial charge in [-0.2, -0.15) is 5.26 Å². The summed E-state index contributed by atoms with van der Waals surface area (Å²) in [5, 5.41) is 11.4. The molecule has 178 valence electrons. The molecule has 0 spiro atoms. The summed E-state index contributed by atoms with van der Waals surface area (Å²) in [5.74, 6) is -0.265. The quantitative estimate of drug-likeness (QED) is 0.431. The molecule has 0 radical (unpaired) electrons. The number of halogens is 1. The third-order valence-electron chi connectivity index (χ3n) is 6.78. The van der Waals surface area contributed by atoms with Crippen molar-refractivity contribution in [3.8, 4) is 6.07 Å². The van der Waals surface area contributed by atoms with Gasteiger partial charge in [0.1, 0.15) is 23.1 Å². The van der Waals surface area contributed by atoms with Gasteiger partial charge >= 0.3 is 0 Å². The van der Waals surface area contributed by atoms with E-state index in [2.05, 4.69) is 39.7 Å². The Hall–Kier alpha value is -3.61. The molecule has 0 amide bonds. The van der Waals surface area contributed by atoms with Crippen LogP contribution in [0.1, 0.15) is 36.8 Å². The van der Waals surface area contributed by atoms with E-state index in [1.54, 1.807) is 41.2 Å². The maximum atomic E-state index is 13.7. The smallest absolute Gasteiger partial charge is 0.252 e. The van der Waals surface area contributed by atoms with Crippen LogP contribution in [0.4, 0.5) is 10.1 Å². The van der Waals surface area contributed by atoms with Gasteiger partial charge in [-0.15, -0.1) is 11.3 Å². The Morgan fingerprint density at radius 3 is 2.60 bits per heavy atom. The topological polar surface area (TPSA) is 78.0 Å². The minimum atomic E-state index is -0.265. The number of hydrogen-bond acceptors (Lipinski definition) is 7. The van der Waals surface area contributed by atoms with Gasteiger partial charge in [-0.05, 0) is 43.7 Å². The summed E-state index contributed by atoms with van der Waals surface area (Å²) in [7, 11) is 1.72. The Balaban J connectivity index is 1.54. The van der Waals surface area contributed by atoms with E-state index < -0.39 is 0 Å². The molecule has 0 aliphatic carbocycles. The number of anilines is 1. The fourth-order valence-corrected chi connectivity index (χ4v) is 5.55. The minimum absolute atomic E-state index is 0.0515. The monoisotopic (exact) mass is 488 g/mol. The molecule has 1 aliphatic heterocycles. The van der Waals surface area contributed by atoms with Gasteiger partial charge in [0.15, 0.2) is 0 Å². The summed E-state index contributed by atoms with van der Waals surface area (Å²) in [5.41, 5.74) is 6.03. The lowest BCUT2D eigenvalue weighted by Gasteiger charge is -2.48. The second-order valence-electron chi connectivity index (χ2n) is 9.02. The van der Waals surface area contributed by atoms with E-state index in [1.165, 1.54) is 12.1 Å². The number of benzene rings is 1. The second kappa shape index (κ2) is 9.21. The Kier molecular flexibility index (Phi) is 6.09. The van der Waals surface area contributed by atoms with Crippen molar-refractivity contribution in [2.24, 2.45) is 7.05 Å². The van der Waals surface area contributed by atoms with Crippen molar-refractivity contribution in [2.75, 3.05) is 18.0 Å². The zero-order valence-corrected chi connectivity index (χ0v) is 20.5. The first-order valence-corrected chi connectivity index (χ1v) is 12.4. The Morgan fingerprint density at radius 1 is 1.14 bits per heavy atom. The van der Waals surface area contributed by atoms with Crippen LogP contribution in [0.3, 0.4) is 0 Å². The van der Waals surface area contributed by atoms with Gasteiger partial charge in [0.25, 0.3) is 5.56 Å². The van der Waals surface area contributed by atoms with Crippen molar-refractivity contribution >= 4 is 28.1 Å². The van der Waals surface area contributed by atoms with E-state index in [4.69, 9.17) is 0 Å². The summed E-state index contributed by atoms with van der Waals surface area (Å²) in [6.07, 6.45) is 0. The van der Waals surface area contributed by atoms with E-state index in [9.17, 15) is 14.4 Å². The summed E-state index contributed by atoms with van der Waals surface area (Å²) in [6.45, 7) is 5.64. The van der Waals surface area contributed by atoms with Gasteiger partial charge in [-0.1, -0.05) is 12.1 Å². The highest BCUT2D eigenvalue weighted by Gasteiger charge is 2.36. The Morgan fingerprint density at radius 2 is 1.91 bits per heavy atom. The van der Waals surface area contributed by atoms with Crippen LogP contribution in [0.5, 0.6) is 0 Å². The van der Waals surface area contributed by atoms with Gasteiger partial charge in [0.2, 0.25) is 0 Å². The lowest BCUT2D eigenvalue weighted by Crippen LogP contribution is -2.57. The summed E-state index contributed by atoms with van der Waals surface area (Å²) in [6, 6.07) is 13.8. The standard InChI is InChI=1S/C26H25FN6OS/c1-16-13-33(26(21-14-35-15-29-21)18-4-6-19(27)7-5-18)17(2)12-32(16)23-10-24(34)31(3)22-9-8-20(11-28)30-25(22)23/h4-10,14-17,26H,12-13H2,1-3H3/t16-,17+,26?/m0/s1. The van der Waals surface area contributed by atoms with Gasteiger partial charge in [0.05, 0.1) is 28.5 Å². The number of fused-ring (bicyclic) bond motifs is 1. The number of nitriles is 1. The number of aryl methyl sites for hydroxylation is 1. The fourth-order valence-electron chi connectivity index (χ4n) is 4.98. The molecule has 3 atom stereocenters. The first-order chi connectivity index (χ1) is 16.9. The first kappa shape index (κ1) is 23.1. The highest BCUT2D eigenvalue weighted by Crippen LogP contribution is 2.35. The van der Waals surface area contributed by atoms with E-state index in [1.807, 2.05) is 23.0 Å². The number of aromatic nitrogens is 3. The van der Waals surface area contributed by atoms with Gasteiger partial charge in [0, 0.05) is 43.7 Å². The van der Waals surface area contributed by atoms with Crippen LogP contribution in [0.25, 0.3) is 11.0 Å². The van der Waals surface area contributed by atoms with Crippen LogP contribution in [0, 0.1) is 17.1 Å². The zero-order valence-electron chi connectivity index (χ0n) is 19.7. The molecule has 0 N–H and O–H groups in total. The molecule has 0 bridgehead atoms. The number of rotatable bonds is 4. The highest BCUT2D eigenvalue weighted by atomic mass is 32.1. The molecule has 1 aliphatic rings. The fraction of sp³-hybridized carbons (Fsp3) is 0.308. The molecular weight excluding hydrogens is 463 g/mol. The van der Waals surface area contributed by atoms with Crippen LogP contribution >= 0.6 is 11.3 Å². The molecule has 5 rings (SSSR count). The summed E-state index contributed by atoms with van der Waals surface area (Å²) >= 11 is 1.54. The van der Waals surface area contributed by atoms with Crippen molar-refractivity contribution in [1.82, 2.24) is 19.4 Å². The molecule has 4 aromatic rings. The largest absolute Gasteiger partial charge is 0.364 e. The molecule has 1 fully saturated rings. The third kappa shape index (κ3) is 4.20. The molecular formula is C26H25FN6OS. The predicted molar refractivity (Wildman–Crippen MR) is 135 cm³/mol. The van der Waals surface area contributed by atoms with Crippen molar-refractivity contribution in [3.63, 3.8) is 0 Å². The molecule has 3 aromatic heterocycles. The van der Waals surface area contributed by atoms with Crippen molar-refractivity contribution in [3.05, 3.63) is 86.5 Å². The molecule has 0 saturated carbocycles. The van der Waals surface area contributed by atoms with Crippen molar-refractivity contribution in [2.45, 2.75) is 32.0 Å². The van der Waals surface area contributed by atoms with Crippen LogP contribution < -0.4 is 10.5 Å². The van der Waals surface area contributed by atoms with Gasteiger partial charge in [-0.3, -0.25) is 9.69 Å². The number of thiazole rings is 1. The van der Waals surface area contributed by atoms with Crippen molar-refractivity contribution in [1.29, 1.82) is 5.26 Å². The van der Waals surface area contributed by atoms with E-state index in [0.29, 0.717) is 29.8 Å². The lowest BCUT2D eigenvalue weighted by atomic mass is 9.97. The van der Waals surface area contributed by atoms with Gasteiger partial charge in [-0.25, -0.2) is 14.4 Å². The van der Waals surface area contributed by atoms with Gasteiger partial charge < -0.3 is 9.47 Å². The number of pyridine rings is 2. The normalized spacial score (nSPS) is 19.6. The number of piperazine rings is 1. The van der Waals surface area contributed by atoms with E-state index >= 15 is 0 Å². The summed E-state index contributed by atoms with van der Waals surface area (Å²) in [4.78, 5) is 26.5. The Bertz CT molecular complexity index is 1460. The third-order valence-corrected chi connectivity index (χ3v) is 7.38. The molecule has 7 nitrogen and oxygen atoms in total. The first-order valence-electron chi connectivity index (χ1n) is 11.4. The maximum absolute atomic E-state index is 13.7. The van der Waals surface area contributed by atoms with Crippen molar-refractivity contribution < 1.29 is 4.39 Å². The Labute approximate surface area is 206 Å². The molecule has 1 aromatic carbocycles. The summed E-state index contributed by atoms with van der Waals surface area (Å²) < 4.78 is 15.2. The highest BCUT2D eigenvalue weighted by molar-refractivity contribution is 7.07. The van der Waals surface area contributed by atoms with E-state index in [-0.39, 0.29) is 29.5 Å². The van der Waals surface area contributed by atoms with Crippen LogP contribution in [0.15, 0.2) is 58.1 Å². The molecule has 1 saturated heterocycles. The average molecular weight is 489 g/mol. The van der Waals surface area contributed by atoms with Crippen LogP contribution in [-0.4, -0.2) is 44.6 Å². The molecule has 9 heteroatoms. The average Bonchev–Trinajstić information content (AvgIpc) is 3.39. The predicted octanol–water partition coefficient (Wildman–Crippen LogP) is 4.09. The number of hydrogen-bond donors (Lipinski definition) is 0. The van der Waals surface area contributed by atoms with Crippen LogP contribution in [0.2, 0.25) is 0 Å². The molecule has 35 heavy (non-hydrogen) atoms.